The van der Waals surface area contributed by atoms with Crippen LogP contribution in [-0.2, 0) is 0 Å². The summed E-state index contributed by atoms with van der Waals surface area (Å²) < 4.78 is 0. The number of nitrogens with one attached hydrogen (secondary N) is 1. The predicted molar refractivity (Wildman–Crippen MR) is 43.9 cm³/mol. The average Bonchev–Trinajstić information content (AvgIpc) is 2.45. The van der Waals surface area contributed by atoms with E-state index in [4.69, 9.17) is 11.3 Å². The summed E-state index contributed by atoms with van der Waals surface area (Å²) in [4.78, 5) is 2.54. The van der Waals surface area contributed by atoms with Crippen molar-refractivity contribution in [2.45, 2.75) is 0 Å². The SMILES string of the molecule is [N-]=[N+]=NCC#Cc1cc(N)n[nH]1. The first-order valence-electron chi connectivity index (χ1n) is 3.13. The number of azide groups is 1. The van der Waals surface area contributed by atoms with Gasteiger partial charge in [-0.25, -0.2) is 0 Å². The number of hydrogen-bond acceptors (Lipinski definition) is 3. The largest absolute Gasteiger partial charge is 0.382 e. The lowest BCUT2D eigenvalue weighted by atomic mass is 10.4. The Morgan fingerprint density at radius 1 is 1.83 bits per heavy atom. The van der Waals surface area contributed by atoms with Crippen molar-refractivity contribution in [1.29, 1.82) is 0 Å². The molecule has 0 saturated heterocycles. The minimum Gasteiger partial charge on any atom is -0.382 e. The highest BCUT2D eigenvalue weighted by molar-refractivity contribution is 5.37. The number of aromatic amines is 1. The lowest BCUT2D eigenvalue weighted by Gasteiger charge is -1.74. The van der Waals surface area contributed by atoms with Gasteiger partial charge in [0.05, 0.1) is 6.54 Å². The van der Waals surface area contributed by atoms with E-state index < -0.39 is 0 Å². The molecule has 0 aliphatic carbocycles. The summed E-state index contributed by atoms with van der Waals surface area (Å²) in [5.74, 6) is 5.70. The fraction of sp³-hybridized carbons (Fsp3) is 0.167. The van der Waals surface area contributed by atoms with Crippen LogP contribution in [0, 0.1) is 11.8 Å². The molecule has 1 heterocycles. The van der Waals surface area contributed by atoms with E-state index in [1.165, 1.54) is 0 Å². The van der Waals surface area contributed by atoms with Gasteiger partial charge in [-0.2, -0.15) is 5.10 Å². The summed E-state index contributed by atoms with van der Waals surface area (Å²) in [7, 11) is 0. The van der Waals surface area contributed by atoms with E-state index >= 15 is 0 Å². The molecule has 0 amide bonds. The molecule has 0 aromatic carbocycles. The Morgan fingerprint density at radius 2 is 2.67 bits per heavy atom. The van der Waals surface area contributed by atoms with Gasteiger partial charge < -0.3 is 5.73 Å². The fourth-order valence-electron chi connectivity index (χ4n) is 0.603. The summed E-state index contributed by atoms with van der Waals surface area (Å²) in [6, 6.07) is 1.60. The molecule has 1 aromatic heterocycles. The van der Waals surface area contributed by atoms with Crippen molar-refractivity contribution in [2.24, 2.45) is 5.11 Å². The van der Waals surface area contributed by atoms with Crippen LogP contribution in [0.25, 0.3) is 10.4 Å². The Kier molecular flexibility index (Phi) is 2.60. The summed E-state index contributed by atoms with van der Waals surface area (Å²) >= 11 is 0. The van der Waals surface area contributed by atoms with Crippen LogP contribution in [0.4, 0.5) is 5.82 Å². The molecule has 12 heavy (non-hydrogen) atoms. The third-order valence-corrected chi connectivity index (χ3v) is 1.03. The second-order valence-electron chi connectivity index (χ2n) is 1.90. The molecule has 0 bridgehead atoms. The molecule has 0 fully saturated rings. The predicted octanol–water partition coefficient (Wildman–Crippen LogP) is 0.654. The topological polar surface area (TPSA) is 103 Å². The minimum absolute atomic E-state index is 0.148. The van der Waals surface area contributed by atoms with Gasteiger partial charge in [-0.05, 0) is 11.5 Å². The zero-order valence-electron chi connectivity index (χ0n) is 6.15. The number of aromatic nitrogens is 2. The molecule has 0 aliphatic rings. The van der Waals surface area contributed by atoms with Crippen LogP contribution in [0.1, 0.15) is 5.69 Å². The molecule has 0 unspecified atom stereocenters. The Labute approximate surface area is 68.4 Å². The van der Waals surface area contributed by atoms with Gasteiger partial charge in [0.2, 0.25) is 0 Å². The van der Waals surface area contributed by atoms with E-state index in [2.05, 4.69) is 32.1 Å². The third kappa shape index (κ3) is 2.25. The Balaban J connectivity index is 2.60. The minimum atomic E-state index is 0.148. The molecular formula is C6H6N6. The number of rotatable bonds is 1. The number of hydrogen-bond donors (Lipinski definition) is 2. The van der Waals surface area contributed by atoms with Crippen molar-refractivity contribution in [3.8, 4) is 11.8 Å². The van der Waals surface area contributed by atoms with Crippen LogP contribution < -0.4 is 5.73 Å². The van der Waals surface area contributed by atoms with E-state index in [-0.39, 0.29) is 6.54 Å². The third-order valence-electron chi connectivity index (χ3n) is 1.03. The summed E-state index contributed by atoms with van der Waals surface area (Å²) in [5, 5.41) is 9.50. The lowest BCUT2D eigenvalue weighted by Crippen LogP contribution is -1.81. The van der Waals surface area contributed by atoms with Gasteiger partial charge in [-0.1, -0.05) is 11.0 Å². The smallest absolute Gasteiger partial charge is 0.146 e. The van der Waals surface area contributed by atoms with Crippen molar-refractivity contribution in [3.63, 3.8) is 0 Å². The van der Waals surface area contributed by atoms with Gasteiger partial charge in [0, 0.05) is 11.0 Å². The summed E-state index contributed by atoms with van der Waals surface area (Å²) in [5.41, 5.74) is 13.8. The maximum absolute atomic E-state index is 7.92. The molecule has 6 nitrogen and oxygen atoms in total. The fourth-order valence-corrected chi connectivity index (χ4v) is 0.603. The monoisotopic (exact) mass is 162 g/mol. The molecular weight excluding hydrogens is 156 g/mol. The van der Waals surface area contributed by atoms with E-state index in [0.717, 1.165) is 0 Å². The Hall–Kier alpha value is -2.12. The molecule has 0 radical (unpaired) electrons. The molecule has 1 aromatic rings. The number of nitrogen functional groups attached to an aromatic ring is 1. The maximum atomic E-state index is 7.92. The molecule has 3 N–H and O–H groups in total. The van der Waals surface area contributed by atoms with Gasteiger partial charge in [-0.15, -0.1) is 0 Å². The van der Waals surface area contributed by atoms with Gasteiger partial charge >= 0.3 is 0 Å². The zero-order chi connectivity index (χ0) is 8.81. The quantitative estimate of drug-likeness (QED) is 0.274. The molecule has 1 rings (SSSR count). The highest BCUT2D eigenvalue weighted by atomic mass is 15.1. The van der Waals surface area contributed by atoms with Crippen molar-refractivity contribution in [2.75, 3.05) is 12.3 Å². The van der Waals surface area contributed by atoms with Crippen LogP contribution in [0.3, 0.4) is 0 Å². The molecule has 0 saturated carbocycles. The van der Waals surface area contributed by atoms with Crippen LogP contribution in [0.15, 0.2) is 11.2 Å². The highest BCUT2D eigenvalue weighted by Crippen LogP contribution is 1.96. The first kappa shape index (κ1) is 7.98. The van der Waals surface area contributed by atoms with Crippen LogP contribution >= 0.6 is 0 Å². The molecule has 0 atom stereocenters. The maximum Gasteiger partial charge on any atom is 0.146 e. The number of nitrogens with two attached hydrogens (primary N) is 1. The first-order valence-corrected chi connectivity index (χ1v) is 3.13. The summed E-state index contributed by atoms with van der Waals surface area (Å²) in [6.45, 7) is 0.148. The van der Waals surface area contributed by atoms with Gasteiger partial charge in [0.25, 0.3) is 0 Å². The van der Waals surface area contributed by atoms with Crippen LogP contribution in [0.2, 0.25) is 0 Å². The number of H-pyrrole nitrogens is 1. The van der Waals surface area contributed by atoms with Gasteiger partial charge in [0.1, 0.15) is 11.5 Å². The van der Waals surface area contributed by atoms with E-state index in [9.17, 15) is 0 Å². The van der Waals surface area contributed by atoms with Crippen molar-refractivity contribution >= 4 is 5.82 Å². The Bertz CT molecular complexity index is 361. The van der Waals surface area contributed by atoms with E-state index in [0.29, 0.717) is 11.5 Å². The van der Waals surface area contributed by atoms with E-state index in [1.54, 1.807) is 6.07 Å². The molecule has 0 spiro atoms. The average molecular weight is 162 g/mol. The summed E-state index contributed by atoms with van der Waals surface area (Å²) in [6.07, 6.45) is 0. The van der Waals surface area contributed by atoms with Crippen molar-refractivity contribution < 1.29 is 0 Å². The zero-order valence-corrected chi connectivity index (χ0v) is 6.15. The highest BCUT2D eigenvalue weighted by Gasteiger charge is 1.89. The molecule has 60 valence electrons. The lowest BCUT2D eigenvalue weighted by molar-refractivity contribution is 1.08. The number of anilines is 1. The Morgan fingerprint density at radius 3 is 3.25 bits per heavy atom. The van der Waals surface area contributed by atoms with Gasteiger partial charge in [0.15, 0.2) is 0 Å². The number of nitrogens with zero attached hydrogens (tertiary/aromatic N) is 4. The first-order chi connectivity index (χ1) is 5.83. The van der Waals surface area contributed by atoms with E-state index in [1.807, 2.05) is 0 Å². The van der Waals surface area contributed by atoms with Crippen LogP contribution in [0.5, 0.6) is 0 Å². The standard InChI is InChI=1S/C6H6N6/c7-6-4-5(10-11-6)2-1-3-9-12-8/h4H,3H2,(H3,7,10,11). The molecule has 6 heteroatoms. The molecule has 0 aliphatic heterocycles. The van der Waals surface area contributed by atoms with Crippen molar-refractivity contribution in [1.82, 2.24) is 10.2 Å². The normalized spacial score (nSPS) is 8.00. The second kappa shape index (κ2) is 3.91. The second-order valence-corrected chi connectivity index (χ2v) is 1.90. The van der Waals surface area contributed by atoms with Crippen molar-refractivity contribution in [3.05, 3.63) is 22.2 Å². The van der Waals surface area contributed by atoms with Gasteiger partial charge in [-0.3, -0.25) is 5.10 Å². The van der Waals surface area contributed by atoms with Crippen LogP contribution in [-0.4, -0.2) is 16.7 Å².